The molecule has 0 atom stereocenters. The van der Waals surface area contributed by atoms with Gasteiger partial charge in [-0.3, -0.25) is 0 Å². The van der Waals surface area contributed by atoms with Crippen molar-refractivity contribution in [3.05, 3.63) is 28.7 Å². The summed E-state index contributed by atoms with van der Waals surface area (Å²) in [5.41, 5.74) is 0. The van der Waals surface area contributed by atoms with Crippen LogP contribution in [0.5, 0.6) is 0 Å². The molecule has 0 radical (unpaired) electrons. The first kappa shape index (κ1) is 10.0. The topological polar surface area (TPSA) is 70.0 Å². The SMILES string of the molecule is N#CNS(=O)(=O)c1ccc(Br)cc1. The van der Waals surface area contributed by atoms with Crippen molar-refractivity contribution in [2.45, 2.75) is 4.90 Å². The standard InChI is InChI=1S/C7H5BrN2O2S/c8-6-1-3-7(4-2-6)13(11,12)10-5-9/h1-4,10H. The van der Waals surface area contributed by atoms with Crippen LogP contribution in [0.1, 0.15) is 0 Å². The molecular weight excluding hydrogens is 256 g/mol. The molecule has 0 heterocycles. The Bertz CT molecular complexity index is 433. The Hall–Kier alpha value is -1.06. The van der Waals surface area contributed by atoms with Gasteiger partial charge in [-0.2, -0.15) is 5.26 Å². The lowest BCUT2D eigenvalue weighted by atomic mass is 10.4. The largest absolute Gasteiger partial charge is 0.270 e. The van der Waals surface area contributed by atoms with Gasteiger partial charge in [-0.15, -0.1) is 0 Å². The first-order valence-corrected chi connectivity index (χ1v) is 5.50. The fourth-order valence-corrected chi connectivity index (χ4v) is 1.73. The van der Waals surface area contributed by atoms with Crippen molar-refractivity contribution >= 4 is 26.0 Å². The van der Waals surface area contributed by atoms with Gasteiger partial charge in [-0.25, -0.2) is 13.1 Å². The van der Waals surface area contributed by atoms with Crippen molar-refractivity contribution in [3.63, 3.8) is 0 Å². The fourth-order valence-electron chi connectivity index (χ4n) is 0.733. The van der Waals surface area contributed by atoms with E-state index in [0.717, 1.165) is 4.47 Å². The zero-order valence-electron chi connectivity index (χ0n) is 6.36. The number of hydrogen-bond donors (Lipinski definition) is 1. The molecule has 68 valence electrons. The van der Waals surface area contributed by atoms with E-state index in [1.807, 2.05) is 0 Å². The van der Waals surface area contributed by atoms with Gasteiger partial charge in [0.25, 0.3) is 10.0 Å². The minimum absolute atomic E-state index is 0.0669. The van der Waals surface area contributed by atoms with Crippen molar-refractivity contribution in [1.29, 1.82) is 5.26 Å². The van der Waals surface area contributed by atoms with Gasteiger partial charge in [0.1, 0.15) is 0 Å². The second-order valence-electron chi connectivity index (χ2n) is 2.17. The quantitative estimate of drug-likeness (QED) is 0.642. The maximum atomic E-state index is 11.2. The Morgan fingerprint density at radius 3 is 2.31 bits per heavy atom. The van der Waals surface area contributed by atoms with Crippen LogP contribution < -0.4 is 4.72 Å². The third-order valence-corrected chi connectivity index (χ3v) is 3.09. The van der Waals surface area contributed by atoms with Crippen LogP contribution in [-0.4, -0.2) is 8.42 Å². The number of sulfonamides is 1. The maximum Gasteiger partial charge on any atom is 0.270 e. The molecular formula is C7H5BrN2O2S. The molecule has 0 bridgehead atoms. The normalized spacial score (nSPS) is 10.5. The van der Waals surface area contributed by atoms with Crippen LogP contribution in [0.15, 0.2) is 33.6 Å². The number of nitrogens with zero attached hydrogens (tertiary/aromatic N) is 1. The predicted octanol–water partition coefficient (Wildman–Crippen LogP) is 1.21. The van der Waals surface area contributed by atoms with Gasteiger partial charge in [0, 0.05) is 4.47 Å². The van der Waals surface area contributed by atoms with E-state index in [9.17, 15) is 8.42 Å². The monoisotopic (exact) mass is 260 g/mol. The van der Waals surface area contributed by atoms with Gasteiger partial charge in [-0.05, 0) is 24.3 Å². The highest BCUT2D eigenvalue weighted by Gasteiger charge is 2.11. The third-order valence-electron chi connectivity index (χ3n) is 1.30. The molecule has 0 saturated heterocycles. The molecule has 1 N–H and O–H groups in total. The minimum Gasteiger partial charge on any atom is -0.215 e. The average molecular weight is 261 g/mol. The molecule has 0 aliphatic carbocycles. The average Bonchev–Trinajstić information content (AvgIpc) is 2.05. The molecule has 1 aromatic rings. The third kappa shape index (κ3) is 2.44. The molecule has 0 unspecified atom stereocenters. The Kier molecular flexibility index (Phi) is 2.90. The van der Waals surface area contributed by atoms with Crippen molar-refractivity contribution in [2.24, 2.45) is 0 Å². The van der Waals surface area contributed by atoms with Crippen molar-refractivity contribution in [2.75, 3.05) is 0 Å². The second kappa shape index (κ2) is 3.77. The minimum atomic E-state index is -3.66. The van der Waals surface area contributed by atoms with Crippen molar-refractivity contribution in [1.82, 2.24) is 4.72 Å². The van der Waals surface area contributed by atoms with E-state index >= 15 is 0 Å². The lowest BCUT2D eigenvalue weighted by molar-refractivity contribution is 0.591. The molecule has 0 amide bonds. The van der Waals surface area contributed by atoms with Crippen LogP contribution in [0.2, 0.25) is 0 Å². The number of hydrogen-bond acceptors (Lipinski definition) is 3. The van der Waals surface area contributed by atoms with E-state index in [4.69, 9.17) is 5.26 Å². The molecule has 0 aliphatic heterocycles. The van der Waals surface area contributed by atoms with Crippen LogP contribution in [0.3, 0.4) is 0 Å². The highest BCUT2D eigenvalue weighted by atomic mass is 79.9. The Morgan fingerprint density at radius 1 is 1.31 bits per heavy atom. The summed E-state index contributed by atoms with van der Waals surface area (Å²) in [7, 11) is -3.66. The molecule has 0 spiro atoms. The van der Waals surface area contributed by atoms with Crippen LogP contribution in [-0.2, 0) is 10.0 Å². The molecule has 0 aromatic heterocycles. The number of rotatable bonds is 2. The first-order valence-electron chi connectivity index (χ1n) is 3.23. The molecule has 0 fully saturated rings. The van der Waals surface area contributed by atoms with Crippen molar-refractivity contribution in [3.8, 4) is 6.19 Å². The Labute approximate surface area is 84.4 Å². The number of nitrogens with one attached hydrogen (secondary N) is 1. The van der Waals surface area contributed by atoms with Crippen LogP contribution in [0, 0.1) is 11.5 Å². The summed E-state index contributed by atoms with van der Waals surface area (Å²) >= 11 is 3.17. The van der Waals surface area contributed by atoms with Crippen LogP contribution in [0.25, 0.3) is 0 Å². The first-order chi connectivity index (χ1) is 6.06. The smallest absolute Gasteiger partial charge is 0.215 e. The molecule has 0 saturated carbocycles. The Balaban J connectivity index is 3.11. The molecule has 0 aliphatic rings. The molecule has 13 heavy (non-hydrogen) atoms. The molecule has 6 heteroatoms. The van der Waals surface area contributed by atoms with E-state index in [-0.39, 0.29) is 4.90 Å². The second-order valence-corrected chi connectivity index (χ2v) is 4.77. The van der Waals surface area contributed by atoms with E-state index in [0.29, 0.717) is 0 Å². The van der Waals surface area contributed by atoms with Crippen LogP contribution in [0.4, 0.5) is 0 Å². The highest BCUT2D eigenvalue weighted by Crippen LogP contribution is 2.13. The fraction of sp³-hybridized carbons (Fsp3) is 0. The van der Waals surface area contributed by atoms with E-state index < -0.39 is 10.0 Å². The van der Waals surface area contributed by atoms with E-state index in [2.05, 4.69) is 15.9 Å². The van der Waals surface area contributed by atoms with Gasteiger partial charge in [0.15, 0.2) is 6.19 Å². The summed E-state index contributed by atoms with van der Waals surface area (Å²) in [4.78, 5) is 0.0669. The molecule has 1 aromatic carbocycles. The van der Waals surface area contributed by atoms with Gasteiger partial charge in [-0.1, -0.05) is 15.9 Å². The highest BCUT2D eigenvalue weighted by molar-refractivity contribution is 9.10. The van der Waals surface area contributed by atoms with E-state index in [1.54, 1.807) is 16.9 Å². The van der Waals surface area contributed by atoms with Gasteiger partial charge in [0.2, 0.25) is 0 Å². The molecule has 4 nitrogen and oxygen atoms in total. The van der Waals surface area contributed by atoms with Crippen molar-refractivity contribution < 1.29 is 8.42 Å². The number of halogens is 1. The lowest BCUT2D eigenvalue weighted by Gasteiger charge is -1.99. The predicted molar refractivity (Wildman–Crippen MR) is 50.1 cm³/mol. The Morgan fingerprint density at radius 2 is 1.85 bits per heavy atom. The number of benzene rings is 1. The zero-order valence-corrected chi connectivity index (χ0v) is 8.76. The van der Waals surface area contributed by atoms with Crippen LogP contribution >= 0.6 is 15.9 Å². The summed E-state index contributed by atoms with van der Waals surface area (Å²) in [5, 5.41) is 8.17. The summed E-state index contributed by atoms with van der Waals surface area (Å²) in [6, 6.07) is 5.99. The van der Waals surface area contributed by atoms with Gasteiger partial charge < -0.3 is 0 Å². The summed E-state index contributed by atoms with van der Waals surface area (Å²) in [6.07, 6.45) is 1.37. The lowest BCUT2D eigenvalue weighted by Crippen LogP contribution is -2.17. The summed E-state index contributed by atoms with van der Waals surface area (Å²) in [5.74, 6) is 0. The summed E-state index contributed by atoms with van der Waals surface area (Å²) in [6.45, 7) is 0. The summed E-state index contributed by atoms with van der Waals surface area (Å²) < 4.78 is 24.9. The molecule has 1 rings (SSSR count). The maximum absolute atomic E-state index is 11.2. The van der Waals surface area contributed by atoms with Gasteiger partial charge >= 0.3 is 0 Å². The van der Waals surface area contributed by atoms with E-state index in [1.165, 1.54) is 18.3 Å². The number of nitriles is 1. The zero-order chi connectivity index (χ0) is 9.90. The van der Waals surface area contributed by atoms with Gasteiger partial charge in [0.05, 0.1) is 4.90 Å².